The molecule has 1 aromatic heterocycles. The Morgan fingerprint density at radius 1 is 1.25 bits per heavy atom. The molecule has 0 bridgehead atoms. The molecular formula is C16H22N2O2. The van der Waals surface area contributed by atoms with Crippen molar-refractivity contribution < 1.29 is 9.47 Å². The molecule has 2 rings (SSSR count). The van der Waals surface area contributed by atoms with Gasteiger partial charge in [0, 0.05) is 42.1 Å². The smallest absolute Gasteiger partial charge is 0.176 e. The van der Waals surface area contributed by atoms with E-state index in [-0.39, 0.29) is 6.29 Å². The zero-order valence-corrected chi connectivity index (χ0v) is 12.3. The Kier molecular flexibility index (Phi) is 5.32. The van der Waals surface area contributed by atoms with E-state index in [1.54, 1.807) is 0 Å². The van der Waals surface area contributed by atoms with Crippen LogP contribution < -0.4 is 0 Å². The average molecular weight is 274 g/mol. The van der Waals surface area contributed by atoms with Crippen LogP contribution in [-0.2, 0) is 9.47 Å². The molecule has 4 nitrogen and oxygen atoms in total. The first kappa shape index (κ1) is 14.8. The molecule has 0 radical (unpaired) electrons. The number of ether oxygens (including phenoxy) is 2. The molecular weight excluding hydrogens is 252 g/mol. The van der Waals surface area contributed by atoms with Crippen LogP contribution in [0.15, 0.2) is 29.4 Å². The van der Waals surface area contributed by atoms with E-state index in [9.17, 15) is 0 Å². The van der Waals surface area contributed by atoms with Gasteiger partial charge < -0.3 is 14.5 Å². The van der Waals surface area contributed by atoms with Crippen molar-refractivity contribution >= 4 is 17.1 Å². The number of aromatic amines is 1. The molecule has 2 aromatic rings. The molecule has 1 heterocycles. The quantitative estimate of drug-likeness (QED) is 0.622. The highest BCUT2D eigenvalue weighted by Gasteiger charge is 2.06. The number of hydrogen-bond donors (Lipinski definition) is 1. The molecule has 0 saturated carbocycles. The van der Waals surface area contributed by atoms with E-state index < -0.39 is 0 Å². The minimum Gasteiger partial charge on any atom is -0.361 e. The van der Waals surface area contributed by atoms with Crippen molar-refractivity contribution in [1.29, 1.82) is 0 Å². The number of aliphatic imine (C=N–C) groups is 1. The molecule has 0 aliphatic heterocycles. The number of aryl methyl sites for hydroxylation is 1. The molecule has 0 aliphatic carbocycles. The molecule has 20 heavy (non-hydrogen) atoms. The number of benzene rings is 1. The van der Waals surface area contributed by atoms with E-state index in [1.165, 1.54) is 10.9 Å². The first-order valence-corrected chi connectivity index (χ1v) is 7.05. The minimum atomic E-state index is -0.256. The van der Waals surface area contributed by atoms with E-state index in [0.29, 0.717) is 19.8 Å². The Labute approximate surface area is 119 Å². The Bertz CT molecular complexity index is 569. The summed E-state index contributed by atoms with van der Waals surface area (Å²) in [6, 6.07) is 6.35. The predicted octanol–water partition coefficient (Wildman–Crippen LogP) is 3.29. The number of nitrogens with one attached hydrogen (secondary N) is 1. The van der Waals surface area contributed by atoms with E-state index in [0.717, 1.165) is 11.1 Å². The highest BCUT2D eigenvalue weighted by atomic mass is 16.7. The summed E-state index contributed by atoms with van der Waals surface area (Å²) < 4.78 is 10.9. The molecule has 0 amide bonds. The lowest BCUT2D eigenvalue weighted by Gasteiger charge is -2.13. The molecule has 1 N–H and O–H groups in total. The molecule has 0 atom stereocenters. The monoisotopic (exact) mass is 274 g/mol. The second-order valence-corrected chi connectivity index (χ2v) is 4.63. The van der Waals surface area contributed by atoms with Gasteiger partial charge in [-0.05, 0) is 32.9 Å². The van der Waals surface area contributed by atoms with E-state index in [1.807, 2.05) is 26.3 Å². The fraction of sp³-hybridized carbons (Fsp3) is 0.438. The maximum atomic E-state index is 5.46. The first-order valence-electron chi connectivity index (χ1n) is 7.05. The van der Waals surface area contributed by atoms with Crippen molar-refractivity contribution in [3.8, 4) is 0 Å². The van der Waals surface area contributed by atoms with Crippen molar-refractivity contribution in [2.75, 3.05) is 19.8 Å². The van der Waals surface area contributed by atoms with Crippen molar-refractivity contribution in [2.24, 2.45) is 4.99 Å². The zero-order chi connectivity index (χ0) is 14.4. The van der Waals surface area contributed by atoms with Gasteiger partial charge in [0.25, 0.3) is 0 Å². The minimum absolute atomic E-state index is 0.256. The van der Waals surface area contributed by atoms with Crippen LogP contribution in [-0.4, -0.2) is 37.2 Å². The van der Waals surface area contributed by atoms with Gasteiger partial charge in [-0.15, -0.1) is 0 Å². The zero-order valence-electron chi connectivity index (χ0n) is 12.3. The number of H-pyrrole nitrogens is 1. The second kappa shape index (κ2) is 7.22. The topological polar surface area (TPSA) is 46.6 Å². The molecule has 0 unspecified atom stereocenters. The SMILES string of the molecule is CCOC(CN=Cc1c[nH]c2ccc(C)cc12)OCC. The highest BCUT2D eigenvalue weighted by Crippen LogP contribution is 2.18. The van der Waals surface area contributed by atoms with Crippen LogP contribution in [0.2, 0.25) is 0 Å². The number of fused-ring (bicyclic) bond motifs is 1. The number of aromatic nitrogens is 1. The maximum absolute atomic E-state index is 5.46. The van der Waals surface area contributed by atoms with Gasteiger partial charge in [-0.2, -0.15) is 0 Å². The van der Waals surface area contributed by atoms with Crippen LogP contribution >= 0.6 is 0 Å². The van der Waals surface area contributed by atoms with Crippen molar-refractivity contribution in [3.05, 3.63) is 35.5 Å². The van der Waals surface area contributed by atoms with Gasteiger partial charge in [0.2, 0.25) is 0 Å². The Morgan fingerprint density at radius 3 is 2.70 bits per heavy atom. The molecule has 1 aromatic carbocycles. The lowest BCUT2D eigenvalue weighted by molar-refractivity contribution is -0.128. The second-order valence-electron chi connectivity index (χ2n) is 4.63. The van der Waals surface area contributed by atoms with Crippen molar-refractivity contribution in [1.82, 2.24) is 4.98 Å². The van der Waals surface area contributed by atoms with Gasteiger partial charge in [0.1, 0.15) is 0 Å². The van der Waals surface area contributed by atoms with Gasteiger partial charge in [0.15, 0.2) is 6.29 Å². The Hall–Kier alpha value is -1.65. The van der Waals surface area contributed by atoms with E-state index >= 15 is 0 Å². The van der Waals surface area contributed by atoms with Crippen molar-refractivity contribution in [3.63, 3.8) is 0 Å². The number of rotatable bonds is 7. The van der Waals surface area contributed by atoms with Crippen LogP contribution in [0.5, 0.6) is 0 Å². The largest absolute Gasteiger partial charge is 0.361 e. The summed E-state index contributed by atoms with van der Waals surface area (Å²) in [7, 11) is 0. The fourth-order valence-electron chi connectivity index (χ4n) is 2.13. The van der Waals surface area contributed by atoms with Crippen LogP contribution in [0.3, 0.4) is 0 Å². The molecule has 0 fully saturated rings. The predicted molar refractivity (Wildman–Crippen MR) is 82.5 cm³/mol. The van der Waals surface area contributed by atoms with E-state index in [2.05, 4.69) is 35.1 Å². The normalized spacial score (nSPS) is 12.0. The number of nitrogens with zero attached hydrogens (tertiary/aromatic N) is 1. The lowest BCUT2D eigenvalue weighted by Crippen LogP contribution is -2.20. The third-order valence-corrected chi connectivity index (χ3v) is 3.06. The maximum Gasteiger partial charge on any atom is 0.176 e. The molecule has 4 heteroatoms. The summed E-state index contributed by atoms with van der Waals surface area (Å²) in [5, 5.41) is 1.19. The van der Waals surface area contributed by atoms with Crippen molar-refractivity contribution in [2.45, 2.75) is 27.1 Å². The van der Waals surface area contributed by atoms with Crippen LogP contribution in [0, 0.1) is 6.92 Å². The third-order valence-electron chi connectivity index (χ3n) is 3.06. The summed E-state index contributed by atoms with van der Waals surface area (Å²) in [5.41, 5.74) is 3.46. The van der Waals surface area contributed by atoms with E-state index in [4.69, 9.17) is 9.47 Å². The van der Waals surface area contributed by atoms with Gasteiger partial charge in [0.05, 0.1) is 6.54 Å². The fourth-order valence-corrected chi connectivity index (χ4v) is 2.13. The summed E-state index contributed by atoms with van der Waals surface area (Å²) in [6.07, 6.45) is 3.60. The summed E-state index contributed by atoms with van der Waals surface area (Å²) >= 11 is 0. The van der Waals surface area contributed by atoms with Gasteiger partial charge >= 0.3 is 0 Å². The Morgan fingerprint density at radius 2 is 2.00 bits per heavy atom. The molecule has 108 valence electrons. The number of hydrogen-bond acceptors (Lipinski definition) is 3. The summed E-state index contributed by atoms with van der Waals surface area (Å²) in [4.78, 5) is 7.69. The Balaban J connectivity index is 2.07. The van der Waals surface area contributed by atoms with Crippen LogP contribution in [0.1, 0.15) is 25.0 Å². The standard InChI is InChI=1S/C16H22N2O2/c1-4-19-16(20-5-2)11-17-9-13-10-18-15-7-6-12(3)8-14(13)15/h6-10,16,18H,4-5,11H2,1-3H3. The van der Waals surface area contributed by atoms with Gasteiger partial charge in [-0.1, -0.05) is 11.6 Å². The third kappa shape index (κ3) is 3.68. The first-order chi connectivity index (χ1) is 9.74. The van der Waals surface area contributed by atoms with Crippen LogP contribution in [0.4, 0.5) is 0 Å². The molecule has 0 aliphatic rings. The highest BCUT2D eigenvalue weighted by molar-refractivity contribution is 5.99. The van der Waals surface area contributed by atoms with Gasteiger partial charge in [-0.25, -0.2) is 0 Å². The van der Waals surface area contributed by atoms with Crippen LogP contribution in [0.25, 0.3) is 10.9 Å². The lowest BCUT2D eigenvalue weighted by atomic mass is 10.1. The van der Waals surface area contributed by atoms with Gasteiger partial charge in [-0.3, -0.25) is 4.99 Å². The summed E-state index contributed by atoms with van der Waals surface area (Å²) in [5.74, 6) is 0. The summed E-state index contributed by atoms with van der Waals surface area (Å²) in [6.45, 7) is 7.78. The molecule has 0 saturated heterocycles. The average Bonchev–Trinajstić information content (AvgIpc) is 2.82. The molecule has 0 spiro atoms.